The van der Waals surface area contributed by atoms with Crippen LogP contribution in [-0.4, -0.2) is 57.4 Å². The molecule has 31 heavy (non-hydrogen) atoms. The van der Waals surface area contributed by atoms with E-state index >= 15 is 0 Å². The van der Waals surface area contributed by atoms with Gasteiger partial charge in [-0.1, -0.05) is 42.5 Å². The van der Waals surface area contributed by atoms with Crippen molar-refractivity contribution in [2.45, 2.75) is 38.5 Å². The lowest BCUT2D eigenvalue weighted by atomic mass is 10.1. The summed E-state index contributed by atoms with van der Waals surface area (Å²) in [5.41, 5.74) is 2.38. The van der Waals surface area contributed by atoms with Crippen LogP contribution in [0.4, 0.5) is 0 Å². The average molecular weight is 426 g/mol. The summed E-state index contributed by atoms with van der Waals surface area (Å²) in [7, 11) is 3.58. The Bertz CT molecular complexity index is 772. The molecule has 2 aromatic rings. The first-order valence-electron chi connectivity index (χ1n) is 11.1. The number of methoxy groups -OCH3 is 1. The largest absolute Gasteiger partial charge is 0.489 e. The number of guanidine groups is 1. The summed E-state index contributed by atoms with van der Waals surface area (Å²) in [6.45, 7) is 4.78. The SMILES string of the molecule is CN=C(NCc1ccc(COc2ccccc2)cc1)N1CCC(OCCCOC)CC1. The Labute approximate surface area is 186 Å². The highest BCUT2D eigenvalue weighted by Gasteiger charge is 2.21. The first-order chi connectivity index (χ1) is 15.3. The number of rotatable bonds is 10. The molecule has 2 aromatic carbocycles. The Hall–Kier alpha value is -2.57. The number of hydrogen-bond donors (Lipinski definition) is 1. The zero-order chi connectivity index (χ0) is 21.7. The van der Waals surface area contributed by atoms with Crippen molar-refractivity contribution in [2.75, 3.05) is 40.5 Å². The summed E-state index contributed by atoms with van der Waals surface area (Å²) >= 11 is 0. The van der Waals surface area contributed by atoms with E-state index in [0.717, 1.165) is 69.4 Å². The molecule has 0 aromatic heterocycles. The van der Waals surface area contributed by atoms with Crippen LogP contribution < -0.4 is 10.1 Å². The highest BCUT2D eigenvalue weighted by Crippen LogP contribution is 2.15. The lowest BCUT2D eigenvalue weighted by Gasteiger charge is -2.34. The molecule has 6 heteroatoms. The number of para-hydroxylation sites is 1. The predicted octanol–water partition coefficient (Wildman–Crippen LogP) is 3.86. The molecule has 6 nitrogen and oxygen atoms in total. The lowest BCUT2D eigenvalue weighted by molar-refractivity contribution is 0.00989. The molecule has 1 N–H and O–H groups in total. The van der Waals surface area contributed by atoms with Crippen molar-refractivity contribution < 1.29 is 14.2 Å². The van der Waals surface area contributed by atoms with Crippen LogP contribution in [0.15, 0.2) is 59.6 Å². The Balaban J connectivity index is 1.38. The van der Waals surface area contributed by atoms with Gasteiger partial charge in [0.1, 0.15) is 12.4 Å². The van der Waals surface area contributed by atoms with Gasteiger partial charge in [0.05, 0.1) is 6.10 Å². The van der Waals surface area contributed by atoms with E-state index in [1.165, 1.54) is 5.56 Å². The van der Waals surface area contributed by atoms with Crippen LogP contribution in [0.1, 0.15) is 30.4 Å². The Morgan fingerprint density at radius 1 is 1.00 bits per heavy atom. The molecule has 0 aliphatic carbocycles. The molecule has 1 heterocycles. The zero-order valence-electron chi connectivity index (χ0n) is 18.8. The van der Waals surface area contributed by atoms with E-state index in [9.17, 15) is 0 Å². The number of aliphatic imine (C=N–C) groups is 1. The molecule has 3 rings (SSSR count). The fourth-order valence-corrected chi connectivity index (χ4v) is 3.64. The van der Waals surface area contributed by atoms with Gasteiger partial charge in [-0.15, -0.1) is 0 Å². The summed E-state index contributed by atoms with van der Waals surface area (Å²) in [5, 5.41) is 3.49. The predicted molar refractivity (Wildman–Crippen MR) is 124 cm³/mol. The van der Waals surface area contributed by atoms with Gasteiger partial charge < -0.3 is 24.4 Å². The van der Waals surface area contributed by atoms with Crippen LogP contribution in [0.3, 0.4) is 0 Å². The molecule has 0 bridgehead atoms. The topological polar surface area (TPSA) is 55.3 Å². The van der Waals surface area contributed by atoms with Crippen molar-refractivity contribution in [3.8, 4) is 5.75 Å². The molecule has 1 aliphatic heterocycles. The summed E-state index contributed by atoms with van der Waals surface area (Å²) < 4.78 is 16.8. The number of hydrogen-bond acceptors (Lipinski definition) is 4. The second kappa shape index (κ2) is 13.0. The van der Waals surface area contributed by atoms with Crippen molar-refractivity contribution in [3.63, 3.8) is 0 Å². The van der Waals surface area contributed by atoms with Crippen LogP contribution in [0, 0.1) is 0 Å². The molecule has 0 saturated carbocycles. The third-order valence-corrected chi connectivity index (χ3v) is 5.42. The minimum atomic E-state index is 0.344. The molecule has 1 saturated heterocycles. The van der Waals surface area contributed by atoms with Gasteiger partial charge in [0.2, 0.25) is 0 Å². The standard InChI is InChI=1S/C25H35N3O3/c1-26-25(28-15-13-24(14-16-28)30-18-6-17-29-2)27-19-21-9-11-22(12-10-21)20-31-23-7-4-3-5-8-23/h3-5,7-12,24H,6,13-20H2,1-2H3,(H,26,27). The van der Waals surface area contributed by atoms with Gasteiger partial charge in [-0.3, -0.25) is 4.99 Å². The van der Waals surface area contributed by atoms with Gasteiger partial charge in [0.25, 0.3) is 0 Å². The van der Waals surface area contributed by atoms with Gasteiger partial charge in [-0.25, -0.2) is 0 Å². The molecular formula is C25H35N3O3. The molecule has 1 fully saturated rings. The van der Waals surface area contributed by atoms with Crippen LogP contribution in [0.5, 0.6) is 5.75 Å². The molecule has 0 amide bonds. The molecule has 0 spiro atoms. The highest BCUT2D eigenvalue weighted by molar-refractivity contribution is 5.79. The summed E-state index contributed by atoms with van der Waals surface area (Å²) in [6, 6.07) is 18.4. The van der Waals surface area contributed by atoms with Crippen LogP contribution in [-0.2, 0) is 22.6 Å². The highest BCUT2D eigenvalue weighted by atomic mass is 16.5. The van der Waals surface area contributed by atoms with E-state index in [4.69, 9.17) is 14.2 Å². The molecule has 0 unspecified atom stereocenters. The normalized spacial score (nSPS) is 15.2. The molecular weight excluding hydrogens is 390 g/mol. The fourth-order valence-electron chi connectivity index (χ4n) is 3.64. The van der Waals surface area contributed by atoms with Crippen molar-refractivity contribution in [2.24, 2.45) is 4.99 Å². The second-order valence-electron chi connectivity index (χ2n) is 7.72. The average Bonchev–Trinajstić information content (AvgIpc) is 2.83. The van der Waals surface area contributed by atoms with E-state index in [0.29, 0.717) is 12.7 Å². The maximum Gasteiger partial charge on any atom is 0.193 e. The minimum absolute atomic E-state index is 0.344. The van der Waals surface area contributed by atoms with Crippen molar-refractivity contribution in [1.29, 1.82) is 0 Å². The Morgan fingerprint density at radius 2 is 1.71 bits per heavy atom. The van der Waals surface area contributed by atoms with Gasteiger partial charge in [-0.05, 0) is 42.5 Å². The number of likely N-dealkylation sites (tertiary alicyclic amines) is 1. The van der Waals surface area contributed by atoms with Gasteiger partial charge in [0.15, 0.2) is 5.96 Å². The quantitative estimate of drug-likeness (QED) is 0.356. The Kier molecular flexibility index (Phi) is 9.67. The number of nitrogens with zero attached hydrogens (tertiary/aromatic N) is 2. The molecule has 0 atom stereocenters. The van der Waals surface area contributed by atoms with Crippen molar-refractivity contribution in [1.82, 2.24) is 10.2 Å². The summed E-state index contributed by atoms with van der Waals surface area (Å²) in [6.07, 6.45) is 3.36. The molecule has 168 valence electrons. The minimum Gasteiger partial charge on any atom is -0.489 e. The van der Waals surface area contributed by atoms with Crippen LogP contribution in [0.25, 0.3) is 0 Å². The smallest absolute Gasteiger partial charge is 0.193 e. The second-order valence-corrected chi connectivity index (χ2v) is 7.72. The number of ether oxygens (including phenoxy) is 3. The lowest BCUT2D eigenvalue weighted by Crippen LogP contribution is -2.46. The molecule has 1 aliphatic rings. The maximum atomic E-state index is 5.96. The third kappa shape index (κ3) is 7.89. The first kappa shape index (κ1) is 23.1. The number of piperidine rings is 1. The zero-order valence-corrected chi connectivity index (χ0v) is 18.8. The van der Waals surface area contributed by atoms with E-state index in [1.807, 2.05) is 37.4 Å². The van der Waals surface area contributed by atoms with E-state index in [-0.39, 0.29) is 0 Å². The first-order valence-corrected chi connectivity index (χ1v) is 11.1. The number of benzene rings is 2. The summed E-state index contributed by atoms with van der Waals surface area (Å²) in [5.74, 6) is 1.84. The van der Waals surface area contributed by atoms with E-state index < -0.39 is 0 Å². The monoisotopic (exact) mass is 425 g/mol. The van der Waals surface area contributed by atoms with Gasteiger partial charge >= 0.3 is 0 Å². The Morgan fingerprint density at radius 3 is 2.39 bits per heavy atom. The van der Waals surface area contributed by atoms with Crippen molar-refractivity contribution in [3.05, 3.63) is 65.7 Å². The van der Waals surface area contributed by atoms with Gasteiger partial charge in [-0.2, -0.15) is 0 Å². The van der Waals surface area contributed by atoms with E-state index in [2.05, 4.69) is 39.5 Å². The van der Waals surface area contributed by atoms with Gasteiger partial charge in [0, 0.05) is 47.0 Å². The number of nitrogens with one attached hydrogen (secondary N) is 1. The summed E-state index contributed by atoms with van der Waals surface area (Å²) in [4.78, 5) is 6.79. The fraction of sp³-hybridized carbons (Fsp3) is 0.480. The van der Waals surface area contributed by atoms with Crippen LogP contribution >= 0.6 is 0 Å². The van der Waals surface area contributed by atoms with Crippen LogP contribution in [0.2, 0.25) is 0 Å². The molecule has 0 radical (unpaired) electrons. The maximum absolute atomic E-state index is 5.96. The third-order valence-electron chi connectivity index (χ3n) is 5.42. The van der Waals surface area contributed by atoms with Crippen molar-refractivity contribution >= 4 is 5.96 Å². The van der Waals surface area contributed by atoms with E-state index in [1.54, 1.807) is 7.11 Å².